The molecule has 6 aliphatic rings. The zero-order chi connectivity index (χ0) is 34.3. The number of ether oxygens (including phenoxy) is 3. The molecule has 12 heteroatoms. The van der Waals surface area contributed by atoms with E-state index in [2.05, 4.69) is 22.8 Å². The number of rotatable bonds is 4. The van der Waals surface area contributed by atoms with Crippen LogP contribution < -0.4 is 14.2 Å². The first kappa shape index (κ1) is 29.9. The van der Waals surface area contributed by atoms with Gasteiger partial charge in [-0.15, -0.1) is 0 Å². The van der Waals surface area contributed by atoms with Crippen LogP contribution in [0.15, 0.2) is 30.3 Å². The van der Waals surface area contributed by atoms with Crippen LogP contribution in [0.2, 0.25) is 0 Å². The summed E-state index contributed by atoms with van der Waals surface area (Å²) in [5, 5.41) is 22.7. The molecule has 0 radical (unpaired) electrons. The number of phenolic OH excluding ortho intramolecular Hbond substituents is 1. The largest absolute Gasteiger partial charge is 0.507 e. The van der Waals surface area contributed by atoms with Gasteiger partial charge in [-0.1, -0.05) is 18.2 Å². The second kappa shape index (κ2) is 9.90. The summed E-state index contributed by atoms with van der Waals surface area (Å²) in [6.45, 7) is 6.81. The van der Waals surface area contributed by atoms with Crippen LogP contribution in [-0.2, 0) is 16.8 Å². The molecule has 6 atom stereocenters. The van der Waals surface area contributed by atoms with Crippen LogP contribution in [0.25, 0.3) is 0 Å². The van der Waals surface area contributed by atoms with Crippen molar-refractivity contribution in [3.8, 4) is 29.1 Å². The number of nitriles is 1. The molecular weight excluding hydrogens is 628 g/mol. The van der Waals surface area contributed by atoms with Crippen LogP contribution in [0.4, 0.5) is 0 Å². The van der Waals surface area contributed by atoms with E-state index in [-0.39, 0.29) is 37.1 Å². The fourth-order valence-electron chi connectivity index (χ4n) is 9.80. The number of hydrogen-bond acceptors (Lipinski definition) is 11. The maximum Gasteiger partial charge on any atom is 0.308 e. The molecule has 3 aromatic carbocycles. The Morgan fingerprint density at radius 1 is 1.12 bits per heavy atom. The number of hydrogen-bond donors (Lipinski definition) is 1. The molecule has 0 aromatic heterocycles. The van der Waals surface area contributed by atoms with Crippen molar-refractivity contribution >= 4 is 24.1 Å². The number of aryl methyl sites for hydroxylation is 1. The minimum atomic E-state index is -0.776. The maximum atomic E-state index is 13.8. The van der Waals surface area contributed by atoms with E-state index in [1.165, 1.54) is 11.8 Å². The minimum absolute atomic E-state index is 0.0792. The summed E-state index contributed by atoms with van der Waals surface area (Å²) in [4.78, 5) is 58.1. The summed E-state index contributed by atoms with van der Waals surface area (Å²) in [6.07, 6.45) is 1.57. The van der Waals surface area contributed by atoms with Crippen LogP contribution in [0.5, 0.6) is 23.0 Å². The fraction of sp³-hybridized carbons (Fsp3) is 0.378. The van der Waals surface area contributed by atoms with Gasteiger partial charge in [-0.25, -0.2) is 0 Å². The van der Waals surface area contributed by atoms with Crippen molar-refractivity contribution in [1.82, 2.24) is 14.7 Å². The molecule has 9 rings (SSSR count). The number of benzene rings is 3. The van der Waals surface area contributed by atoms with Crippen LogP contribution in [-0.4, -0.2) is 75.3 Å². The van der Waals surface area contributed by atoms with Gasteiger partial charge in [0, 0.05) is 53.3 Å². The molecule has 1 unspecified atom stereocenters. The lowest BCUT2D eigenvalue weighted by molar-refractivity contribution is -0.180. The summed E-state index contributed by atoms with van der Waals surface area (Å²) in [7, 11) is 0. The van der Waals surface area contributed by atoms with Crippen molar-refractivity contribution in [3.05, 3.63) is 80.4 Å². The van der Waals surface area contributed by atoms with E-state index in [4.69, 9.17) is 14.2 Å². The van der Waals surface area contributed by atoms with E-state index >= 15 is 0 Å². The number of esters is 1. The standard InChI is InChI=1S/C37H32N4O8/c1-16-9-23-29(31(44)22(16)14-42)30-24-10-21-28(34-33(47-15-48-34)17(2)32(21)49-18(3)43)27(40(24)26(12-38)25-11-37(23,4)41(25)30)13-39-35(45)19-7-5-6-8-20(19)36(39)46/h5-9,14,24-27,30,44H,10-11,13,15H2,1-4H3/t24-,25-,26-,27-,30-,37?/m0/s1. The molecule has 2 saturated heterocycles. The van der Waals surface area contributed by atoms with Gasteiger partial charge >= 0.3 is 5.97 Å². The predicted molar refractivity (Wildman–Crippen MR) is 170 cm³/mol. The number of amides is 2. The van der Waals surface area contributed by atoms with E-state index in [1.807, 2.05) is 6.07 Å². The summed E-state index contributed by atoms with van der Waals surface area (Å²) in [5.41, 5.74) is 4.37. The van der Waals surface area contributed by atoms with Crippen LogP contribution in [0, 0.1) is 25.2 Å². The average Bonchev–Trinajstić information content (AvgIpc) is 3.71. The Hall–Kier alpha value is -5.25. The van der Waals surface area contributed by atoms with Crippen molar-refractivity contribution in [2.75, 3.05) is 13.3 Å². The summed E-state index contributed by atoms with van der Waals surface area (Å²) >= 11 is 0. The number of phenols is 1. The fourth-order valence-corrected chi connectivity index (χ4v) is 9.80. The number of nitrogens with zero attached hydrogens (tertiary/aromatic N) is 4. The molecule has 49 heavy (non-hydrogen) atoms. The quantitative estimate of drug-likeness (QED) is 0.187. The third kappa shape index (κ3) is 3.58. The van der Waals surface area contributed by atoms with Crippen LogP contribution in [0.1, 0.15) is 96.8 Å². The molecule has 2 fully saturated rings. The summed E-state index contributed by atoms with van der Waals surface area (Å²) < 4.78 is 17.9. The van der Waals surface area contributed by atoms with Gasteiger partial charge in [0.15, 0.2) is 17.8 Å². The number of carbonyl (C=O) groups excluding carboxylic acids is 4. The molecule has 6 heterocycles. The Kier molecular flexibility index (Phi) is 6.03. The summed E-state index contributed by atoms with van der Waals surface area (Å²) in [5.74, 6) is -0.362. The molecule has 0 aliphatic carbocycles. The predicted octanol–water partition coefficient (Wildman–Crippen LogP) is 3.99. The van der Waals surface area contributed by atoms with E-state index in [0.29, 0.717) is 68.9 Å². The minimum Gasteiger partial charge on any atom is -0.507 e. The van der Waals surface area contributed by atoms with Gasteiger partial charge in [-0.05, 0) is 56.9 Å². The first-order valence-corrected chi connectivity index (χ1v) is 16.4. The summed E-state index contributed by atoms with van der Waals surface area (Å²) in [6, 6.07) is 8.54. The molecule has 3 aromatic rings. The number of imide groups is 1. The highest BCUT2D eigenvalue weighted by Crippen LogP contribution is 2.67. The van der Waals surface area contributed by atoms with Gasteiger partial charge in [0.25, 0.3) is 11.8 Å². The van der Waals surface area contributed by atoms with Crippen molar-refractivity contribution in [1.29, 1.82) is 5.26 Å². The maximum absolute atomic E-state index is 13.8. The lowest BCUT2D eigenvalue weighted by atomic mass is 9.70. The zero-order valence-corrected chi connectivity index (χ0v) is 27.3. The number of aldehydes is 1. The molecule has 1 N–H and O–H groups in total. The monoisotopic (exact) mass is 660 g/mol. The van der Waals surface area contributed by atoms with E-state index in [1.54, 1.807) is 38.1 Å². The van der Waals surface area contributed by atoms with Gasteiger partial charge in [0.2, 0.25) is 6.79 Å². The normalized spacial score (nSPS) is 28.6. The topological polar surface area (TPSA) is 150 Å². The Labute approximate surface area is 281 Å². The number of fused-ring (bicyclic) bond motifs is 9. The first-order chi connectivity index (χ1) is 23.5. The highest BCUT2D eigenvalue weighted by molar-refractivity contribution is 6.21. The number of piperazine rings is 1. The van der Waals surface area contributed by atoms with Crippen molar-refractivity contribution in [2.45, 2.75) is 76.3 Å². The lowest BCUT2D eigenvalue weighted by Gasteiger charge is -2.65. The molecule has 2 amide bonds. The Balaban J connectivity index is 1.29. The first-order valence-electron chi connectivity index (χ1n) is 16.4. The van der Waals surface area contributed by atoms with Crippen LogP contribution in [0.3, 0.4) is 0 Å². The molecule has 0 saturated carbocycles. The van der Waals surface area contributed by atoms with Crippen molar-refractivity contribution < 1.29 is 38.5 Å². The Bertz CT molecular complexity index is 2100. The van der Waals surface area contributed by atoms with Gasteiger partial charge < -0.3 is 19.3 Å². The highest BCUT2D eigenvalue weighted by Gasteiger charge is 2.69. The SMILES string of the molecule is CC(=O)Oc1c(C)c2c(c3c1C[C@H]1[C@H]4c5c(cc(C)c(C=O)c5O)C5(C)C[C@@H]([C@H](C#N)N1[C@H]3CN1C(=O)c3ccccc3C1=O)N45)OCO2. The van der Waals surface area contributed by atoms with Gasteiger partial charge in [-0.3, -0.25) is 33.9 Å². The lowest BCUT2D eigenvalue weighted by Crippen LogP contribution is -2.75. The van der Waals surface area contributed by atoms with E-state index in [0.717, 1.165) is 5.56 Å². The number of carbonyl (C=O) groups is 4. The molecule has 248 valence electrons. The smallest absolute Gasteiger partial charge is 0.308 e. The molecule has 6 aliphatic heterocycles. The molecule has 0 bridgehead atoms. The van der Waals surface area contributed by atoms with E-state index < -0.39 is 47.5 Å². The molecule has 0 spiro atoms. The second-order valence-electron chi connectivity index (χ2n) is 14.0. The highest BCUT2D eigenvalue weighted by atomic mass is 16.7. The zero-order valence-electron chi connectivity index (χ0n) is 27.3. The second-order valence-corrected chi connectivity index (χ2v) is 14.0. The van der Waals surface area contributed by atoms with Crippen molar-refractivity contribution in [3.63, 3.8) is 0 Å². The van der Waals surface area contributed by atoms with Gasteiger partial charge in [0.05, 0.1) is 34.8 Å². The van der Waals surface area contributed by atoms with E-state index in [9.17, 15) is 29.5 Å². The molecular formula is C37H32N4O8. The Morgan fingerprint density at radius 3 is 2.47 bits per heavy atom. The average molecular weight is 661 g/mol. The van der Waals surface area contributed by atoms with Crippen LogP contribution >= 0.6 is 0 Å². The van der Waals surface area contributed by atoms with Gasteiger partial charge in [0.1, 0.15) is 17.5 Å². The Morgan fingerprint density at radius 2 is 1.82 bits per heavy atom. The van der Waals surface area contributed by atoms with Crippen molar-refractivity contribution in [2.24, 2.45) is 0 Å². The van der Waals surface area contributed by atoms with Gasteiger partial charge in [-0.2, -0.15) is 5.26 Å². The molecule has 12 nitrogen and oxygen atoms in total. The third-order valence-electron chi connectivity index (χ3n) is 11.7. The third-order valence-corrected chi connectivity index (χ3v) is 11.7. The number of aromatic hydroxyl groups is 1.